The van der Waals surface area contributed by atoms with E-state index in [0.717, 1.165) is 46.7 Å². The molecule has 1 saturated heterocycles. The van der Waals surface area contributed by atoms with Crippen LogP contribution in [0.4, 0.5) is 0 Å². The quantitative estimate of drug-likeness (QED) is 0.475. The number of likely N-dealkylation sites (tertiary alicyclic amines) is 1. The Morgan fingerprint density at radius 1 is 1.00 bits per heavy atom. The number of thioether (sulfide) groups is 1. The van der Waals surface area contributed by atoms with Crippen molar-refractivity contribution in [2.45, 2.75) is 88.5 Å². The Bertz CT molecular complexity index is 853. The molecule has 0 spiro atoms. The molecule has 2 aromatic rings. The normalized spacial score (nSPS) is 23.0. The molecule has 1 amide bonds. The number of carbonyl (C=O) groups is 1. The molecule has 1 aliphatic carbocycles. The number of halogens is 1. The first-order valence-electron chi connectivity index (χ1n) is 11.2. The van der Waals surface area contributed by atoms with Gasteiger partial charge in [-0.25, -0.2) is 0 Å². The lowest BCUT2D eigenvalue weighted by atomic mass is 9.95. The second-order valence-electron chi connectivity index (χ2n) is 8.69. The molecule has 7 heteroatoms. The van der Waals surface area contributed by atoms with E-state index in [1.165, 1.54) is 25.7 Å². The van der Waals surface area contributed by atoms with Gasteiger partial charge in [0.2, 0.25) is 5.91 Å². The second kappa shape index (κ2) is 9.86. The van der Waals surface area contributed by atoms with E-state index in [1.807, 2.05) is 12.1 Å². The smallest absolute Gasteiger partial charge is 0.233 e. The summed E-state index contributed by atoms with van der Waals surface area (Å²) in [6, 6.07) is 9.34. The maximum Gasteiger partial charge on any atom is 0.233 e. The van der Waals surface area contributed by atoms with Crippen molar-refractivity contribution in [3.63, 3.8) is 0 Å². The van der Waals surface area contributed by atoms with Gasteiger partial charge in [-0.05, 0) is 58.1 Å². The molecule has 1 aliphatic heterocycles. The van der Waals surface area contributed by atoms with Crippen LogP contribution in [0.15, 0.2) is 33.9 Å². The average molecular weight is 491 g/mol. The van der Waals surface area contributed by atoms with Crippen molar-refractivity contribution in [2.24, 2.45) is 0 Å². The van der Waals surface area contributed by atoms with Crippen molar-refractivity contribution in [1.82, 2.24) is 19.7 Å². The molecule has 30 heavy (non-hydrogen) atoms. The van der Waals surface area contributed by atoms with Gasteiger partial charge in [0.25, 0.3) is 0 Å². The highest BCUT2D eigenvalue weighted by molar-refractivity contribution is 9.10. The third-order valence-electron chi connectivity index (χ3n) is 6.51. The molecule has 0 bridgehead atoms. The maximum absolute atomic E-state index is 13.0. The Labute approximate surface area is 192 Å². The Kier molecular flexibility index (Phi) is 7.19. The number of carbonyl (C=O) groups excluding carboxylic acids is 1. The minimum atomic E-state index is 0.225. The van der Waals surface area contributed by atoms with Crippen molar-refractivity contribution in [3.05, 3.63) is 28.7 Å². The van der Waals surface area contributed by atoms with Gasteiger partial charge in [0.1, 0.15) is 0 Å². The molecule has 4 rings (SSSR count). The van der Waals surface area contributed by atoms with Crippen molar-refractivity contribution in [1.29, 1.82) is 0 Å². The van der Waals surface area contributed by atoms with E-state index >= 15 is 0 Å². The number of aromatic nitrogens is 3. The number of nitrogens with zero attached hydrogens (tertiary/aromatic N) is 4. The predicted molar refractivity (Wildman–Crippen MR) is 126 cm³/mol. The second-order valence-corrected chi connectivity index (χ2v) is 10.6. The molecule has 2 atom stereocenters. The van der Waals surface area contributed by atoms with Crippen molar-refractivity contribution >= 4 is 33.6 Å². The van der Waals surface area contributed by atoms with Crippen molar-refractivity contribution in [2.75, 3.05) is 5.75 Å². The maximum atomic E-state index is 13.0. The van der Waals surface area contributed by atoms with Crippen LogP contribution < -0.4 is 0 Å². The summed E-state index contributed by atoms with van der Waals surface area (Å²) < 4.78 is 3.36. The fraction of sp³-hybridized carbons (Fsp3) is 0.609. The first-order chi connectivity index (χ1) is 14.5. The first-order valence-corrected chi connectivity index (χ1v) is 13.0. The molecule has 2 unspecified atom stereocenters. The zero-order valence-electron chi connectivity index (χ0n) is 17.9. The molecule has 2 aliphatic rings. The Morgan fingerprint density at radius 2 is 1.67 bits per heavy atom. The van der Waals surface area contributed by atoms with Gasteiger partial charge < -0.3 is 4.90 Å². The van der Waals surface area contributed by atoms with Gasteiger partial charge in [-0.3, -0.25) is 9.36 Å². The van der Waals surface area contributed by atoms with Gasteiger partial charge in [-0.2, -0.15) is 0 Å². The van der Waals surface area contributed by atoms with Gasteiger partial charge in [-0.1, -0.05) is 59.1 Å². The fourth-order valence-corrected chi connectivity index (χ4v) is 6.09. The summed E-state index contributed by atoms with van der Waals surface area (Å²) in [5.74, 6) is 1.58. The van der Waals surface area contributed by atoms with Crippen LogP contribution in [0, 0.1) is 0 Å². The molecular weight excluding hydrogens is 460 g/mol. The number of hydrogen-bond donors (Lipinski definition) is 0. The largest absolute Gasteiger partial charge is 0.337 e. The van der Waals surface area contributed by atoms with Gasteiger partial charge in [0.05, 0.1) is 5.75 Å². The summed E-state index contributed by atoms with van der Waals surface area (Å²) in [6.45, 7) is 4.35. The van der Waals surface area contributed by atoms with Crippen LogP contribution in [0.3, 0.4) is 0 Å². The van der Waals surface area contributed by atoms with E-state index in [-0.39, 0.29) is 5.91 Å². The van der Waals surface area contributed by atoms with E-state index < -0.39 is 0 Å². The molecular formula is C23H31BrN4OS. The average Bonchev–Trinajstić information content (AvgIpc) is 3.17. The third kappa shape index (κ3) is 4.77. The summed E-state index contributed by atoms with van der Waals surface area (Å²) in [5.41, 5.74) is 1.08. The minimum absolute atomic E-state index is 0.225. The number of benzene rings is 1. The van der Waals surface area contributed by atoms with Crippen molar-refractivity contribution in [3.8, 4) is 11.4 Å². The van der Waals surface area contributed by atoms with E-state index in [9.17, 15) is 4.79 Å². The van der Waals surface area contributed by atoms with E-state index in [4.69, 9.17) is 0 Å². The zero-order valence-corrected chi connectivity index (χ0v) is 20.3. The molecule has 162 valence electrons. The summed E-state index contributed by atoms with van der Waals surface area (Å²) in [4.78, 5) is 15.1. The molecule has 1 aromatic heterocycles. The minimum Gasteiger partial charge on any atom is -0.337 e. The summed E-state index contributed by atoms with van der Waals surface area (Å²) in [6.07, 6.45) is 9.53. The van der Waals surface area contributed by atoms with E-state index in [2.05, 4.69) is 61.6 Å². The van der Waals surface area contributed by atoms with Crippen LogP contribution in [0.2, 0.25) is 0 Å². The van der Waals surface area contributed by atoms with Gasteiger partial charge in [-0.15, -0.1) is 10.2 Å². The number of hydrogen-bond acceptors (Lipinski definition) is 4. The zero-order chi connectivity index (χ0) is 21.1. The Hall–Kier alpha value is -1.34. The van der Waals surface area contributed by atoms with Crippen LogP contribution >= 0.6 is 27.7 Å². The number of piperidine rings is 1. The molecule has 1 saturated carbocycles. The Balaban J connectivity index is 1.56. The van der Waals surface area contributed by atoms with Crippen LogP contribution in [0.5, 0.6) is 0 Å². The van der Waals surface area contributed by atoms with Gasteiger partial charge >= 0.3 is 0 Å². The highest BCUT2D eigenvalue weighted by Crippen LogP contribution is 2.36. The topological polar surface area (TPSA) is 51.0 Å². The lowest BCUT2D eigenvalue weighted by Crippen LogP contribution is -2.48. The molecule has 2 heterocycles. The van der Waals surface area contributed by atoms with Crippen LogP contribution in [-0.2, 0) is 4.79 Å². The standard InChI is InChI=1S/C23H31BrN4OS/c1-16-7-6-8-17(2)27(16)21(29)15-30-23-26-25-22(18-11-13-19(24)14-12-18)28(23)20-9-4-3-5-10-20/h11-14,16-17,20H,3-10,15H2,1-2H3. The number of amides is 1. The molecule has 2 fully saturated rings. The molecule has 0 N–H and O–H groups in total. The van der Waals surface area contributed by atoms with Gasteiger partial charge in [0, 0.05) is 28.2 Å². The summed E-state index contributed by atoms with van der Waals surface area (Å²) in [7, 11) is 0. The monoisotopic (exact) mass is 490 g/mol. The first kappa shape index (κ1) is 21.9. The van der Waals surface area contributed by atoms with Gasteiger partial charge in [0.15, 0.2) is 11.0 Å². The van der Waals surface area contributed by atoms with E-state index in [0.29, 0.717) is 23.9 Å². The van der Waals surface area contributed by atoms with E-state index in [1.54, 1.807) is 11.8 Å². The lowest BCUT2D eigenvalue weighted by Gasteiger charge is -2.39. The highest BCUT2D eigenvalue weighted by atomic mass is 79.9. The molecule has 1 aromatic carbocycles. The van der Waals surface area contributed by atoms with Crippen LogP contribution in [0.25, 0.3) is 11.4 Å². The van der Waals surface area contributed by atoms with Crippen LogP contribution in [-0.4, -0.2) is 43.4 Å². The molecule has 0 radical (unpaired) electrons. The van der Waals surface area contributed by atoms with Crippen LogP contribution in [0.1, 0.15) is 71.3 Å². The number of rotatable bonds is 5. The Morgan fingerprint density at radius 3 is 2.33 bits per heavy atom. The molecule has 5 nitrogen and oxygen atoms in total. The summed E-state index contributed by atoms with van der Waals surface area (Å²) in [5, 5.41) is 9.98. The summed E-state index contributed by atoms with van der Waals surface area (Å²) >= 11 is 5.07. The third-order valence-corrected chi connectivity index (χ3v) is 7.97. The predicted octanol–water partition coefficient (Wildman–Crippen LogP) is 6.09. The lowest BCUT2D eigenvalue weighted by molar-refractivity contribution is -0.134. The fourth-order valence-electron chi connectivity index (χ4n) is 4.95. The highest BCUT2D eigenvalue weighted by Gasteiger charge is 2.30. The SMILES string of the molecule is CC1CCCC(C)N1C(=O)CSc1nnc(-c2ccc(Br)cc2)n1C1CCCCC1. The van der Waals surface area contributed by atoms with Crippen molar-refractivity contribution < 1.29 is 4.79 Å².